The van der Waals surface area contributed by atoms with Gasteiger partial charge in [-0.2, -0.15) is 0 Å². The summed E-state index contributed by atoms with van der Waals surface area (Å²) in [7, 11) is 0. The van der Waals surface area contributed by atoms with Crippen molar-refractivity contribution in [3.05, 3.63) is 16.1 Å². The minimum absolute atomic E-state index is 0.0190. The molecule has 2 fully saturated rings. The number of carbonyl (C=O) groups is 1. The Balaban J connectivity index is 1.68. The lowest BCUT2D eigenvalue weighted by Gasteiger charge is -2.34. The average Bonchev–Trinajstić information content (AvgIpc) is 3.18. The molecule has 1 saturated heterocycles. The molecule has 1 aromatic rings. The summed E-state index contributed by atoms with van der Waals surface area (Å²) in [5, 5.41) is 4.23. The molecule has 0 radical (unpaired) electrons. The van der Waals surface area contributed by atoms with E-state index in [1.165, 1.54) is 17.7 Å². The molecular weight excluding hydrogens is 274 g/mol. The fraction of sp³-hybridized carbons (Fsp3) is 0.714. The topological polar surface area (TPSA) is 54.5 Å². The lowest BCUT2D eigenvalue weighted by Crippen LogP contribution is -2.52. The first kappa shape index (κ1) is 13.8. The number of rotatable bonds is 3. The SMILES string of the molecule is Cc1cnc(C(NC(=O)N2CCOCC2C)C2CC2)s1. The van der Waals surface area contributed by atoms with E-state index in [0.29, 0.717) is 25.7 Å². The number of amides is 2. The van der Waals surface area contributed by atoms with Crippen LogP contribution in [0.25, 0.3) is 0 Å². The van der Waals surface area contributed by atoms with Gasteiger partial charge in [-0.05, 0) is 32.6 Å². The molecule has 110 valence electrons. The molecule has 1 aliphatic heterocycles. The van der Waals surface area contributed by atoms with Crippen LogP contribution in [0.2, 0.25) is 0 Å². The number of hydrogen-bond acceptors (Lipinski definition) is 4. The summed E-state index contributed by atoms with van der Waals surface area (Å²) in [5.74, 6) is 0.556. The molecule has 0 aromatic carbocycles. The smallest absolute Gasteiger partial charge is 0.318 e. The van der Waals surface area contributed by atoms with E-state index in [1.807, 2.05) is 18.0 Å². The molecule has 3 rings (SSSR count). The number of ether oxygens (including phenoxy) is 1. The Hall–Kier alpha value is -1.14. The zero-order chi connectivity index (χ0) is 14.1. The van der Waals surface area contributed by atoms with Crippen LogP contribution in [0.1, 0.15) is 35.7 Å². The van der Waals surface area contributed by atoms with Crippen LogP contribution in [0.5, 0.6) is 0 Å². The molecule has 2 atom stereocenters. The second-order valence-corrected chi connectivity index (χ2v) is 6.96. The highest BCUT2D eigenvalue weighted by atomic mass is 32.1. The van der Waals surface area contributed by atoms with Crippen molar-refractivity contribution < 1.29 is 9.53 Å². The fourth-order valence-corrected chi connectivity index (χ4v) is 3.49. The Labute approximate surface area is 123 Å². The number of urea groups is 1. The third-order valence-corrected chi connectivity index (χ3v) is 4.90. The van der Waals surface area contributed by atoms with Gasteiger partial charge in [0.25, 0.3) is 0 Å². The van der Waals surface area contributed by atoms with Gasteiger partial charge in [0, 0.05) is 17.6 Å². The van der Waals surface area contributed by atoms with Crippen molar-refractivity contribution in [2.24, 2.45) is 5.92 Å². The van der Waals surface area contributed by atoms with Crippen LogP contribution in [0.4, 0.5) is 4.79 Å². The second-order valence-electron chi connectivity index (χ2n) is 5.69. The van der Waals surface area contributed by atoms with Crippen LogP contribution in [0.15, 0.2) is 6.20 Å². The van der Waals surface area contributed by atoms with Crippen molar-refractivity contribution in [1.82, 2.24) is 15.2 Å². The molecule has 0 spiro atoms. The molecular formula is C14H21N3O2S. The summed E-state index contributed by atoms with van der Waals surface area (Å²) in [5.41, 5.74) is 0. The molecule has 6 heteroatoms. The number of hydrogen-bond donors (Lipinski definition) is 1. The van der Waals surface area contributed by atoms with Crippen LogP contribution in [0, 0.1) is 12.8 Å². The predicted molar refractivity (Wildman–Crippen MR) is 77.8 cm³/mol. The molecule has 1 aliphatic carbocycles. The summed E-state index contributed by atoms with van der Waals surface area (Å²) < 4.78 is 5.38. The number of nitrogens with one attached hydrogen (secondary N) is 1. The van der Waals surface area contributed by atoms with Crippen LogP contribution >= 0.6 is 11.3 Å². The summed E-state index contributed by atoms with van der Waals surface area (Å²) in [4.78, 5) is 20.0. The highest BCUT2D eigenvalue weighted by molar-refractivity contribution is 7.11. The normalized spacial score (nSPS) is 24.5. The summed E-state index contributed by atoms with van der Waals surface area (Å²) >= 11 is 1.68. The van der Waals surface area contributed by atoms with Gasteiger partial charge in [0.1, 0.15) is 5.01 Å². The molecule has 2 aliphatic rings. The first-order chi connectivity index (χ1) is 9.65. The van der Waals surface area contributed by atoms with E-state index in [2.05, 4.69) is 17.2 Å². The van der Waals surface area contributed by atoms with Gasteiger partial charge in [0.2, 0.25) is 0 Å². The first-order valence-electron chi connectivity index (χ1n) is 7.22. The molecule has 5 nitrogen and oxygen atoms in total. The second kappa shape index (κ2) is 5.69. The van der Waals surface area contributed by atoms with Crippen molar-refractivity contribution in [2.45, 2.75) is 38.8 Å². The number of carbonyl (C=O) groups excluding carboxylic acids is 1. The van der Waals surface area contributed by atoms with Crippen LogP contribution in [-0.2, 0) is 4.74 Å². The lowest BCUT2D eigenvalue weighted by molar-refractivity contribution is 0.0182. The van der Waals surface area contributed by atoms with E-state index in [1.54, 1.807) is 11.3 Å². The maximum absolute atomic E-state index is 12.5. The van der Waals surface area contributed by atoms with Gasteiger partial charge in [-0.25, -0.2) is 9.78 Å². The average molecular weight is 295 g/mol. The van der Waals surface area contributed by atoms with Gasteiger partial charge in [-0.15, -0.1) is 11.3 Å². The fourth-order valence-electron chi connectivity index (χ4n) is 2.57. The maximum atomic E-state index is 12.5. The van der Waals surface area contributed by atoms with E-state index >= 15 is 0 Å². The third kappa shape index (κ3) is 2.96. The Morgan fingerprint density at radius 1 is 1.60 bits per heavy atom. The Morgan fingerprint density at radius 3 is 3.00 bits per heavy atom. The van der Waals surface area contributed by atoms with Gasteiger partial charge < -0.3 is 15.0 Å². The molecule has 2 amide bonds. The van der Waals surface area contributed by atoms with Gasteiger partial charge in [-0.1, -0.05) is 0 Å². The standard InChI is InChI=1S/C14H21N3O2S/c1-9-8-19-6-5-17(9)14(18)16-12(11-3-4-11)13-15-7-10(2)20-13/h7,9,11-12H,3-6,8H2,1-2H3,(H,16,18). The Bertz CT molecular complexity index is 487. The quantitative estimate of drug-likeness (QED) is 0.931. The van der Waals surface area contributed by atoms with Crippen LogP contribution < -0.4 is 5.32 Å². The first-order valence-corrected chi connectivity index (χ1v) is 8.04. The van der Waals surface area contributed by atoms with E-state index in [-0.39, 0.29) is 18.1 Å². The highest BCUT2D eigenvalue weighted by Gasteiger charge is 2.36. The molecule has 1 saturated carbocycles. The van der Waals surface area contributed by atoms with Crippen molar-refractivity contribution in [2.75, 3.05) is 19.8 Å². The Morgan fingerprint density at radius 2 is 2.40 bits per heavy atom. The minimum atomic E-state index is 0.0190. The molecule has 1 aromatic heterocycles. The Kier molecular flexibility index (Phi) is 3.94. The molecule has 20 heavy (non-hydrogen) atoms. The molecule has 0 bridgehead atoms. The van der Waals surface area contributed by atoms with Crippen LogP contribution in [0.3, 0.4) is 0 Å². The van der Waals surface area contributed by atoms with Gasteiger partial charge >= 0.3 is 6.03 Å². The van der Waals surface area contributed by atoms with E-state index in [0.717, 1.165) is 5.01 Å². The highest BCUT2D eigenvalue weighted by Crippen LogP contribution is 2.42. The van der Waals surface area contributed by atoms with E-state index in [9.17, 15) is 4.79 Å². The maximum Gasteiger partial charge on any atom is 0.318 e. The van der Waals surface area contributed by atoms with Crippen LogP contribution in [-0.4, -0.2) is 41.7 Å². The number of aromatic nitrogens is 1. The zero-order valence-electron chi connectivity index (χ0n) is 12.0. The van der Waals surface area contributed by atoms with E-state index in [4.69, 9.17) is 4.74 Å². The lowest BCUT2D eigenvalue weighted by atomic mass is 10.2. The summed E-state index contributed by atoms with van der Waals surface area (Å²) in [6.45, 7) is 6.00. The van der Waals surface area contributed by atoms with Crippen molar-refractivity contribution in [1.29, 1.82) is 0 Å². The van der Waals surface area contributed by atoms with Crippen molar-refractivity contribution in [3.8, 4) is 0 Å². The van der Waals surface area contributed by atoms with Crippen molar-refractivity contribution >= 4 is 17.4 Å². The molecule has 2 heterocycles. The molecule has 1 N–H and O–H groups in total. The number of morpholine rings is 1. The number of thiazole rings is 1. The van der Waals surface area contributed by atoms with Crippen molar-refractivity contribution in [3.63, 3.8) is 0 Å². The van der Waals surface area contributed by atoms with Gasteiger partial charge in [-0.3, -0.25) is 0 Å². The van der Waals surface area contributed by atoms with Gasteiger partial charge in [0.15, 0.2) is 0 Å². The largest absolute Gasteiger partial charge is 0.377 e. The molecule has 2 unspecified atom stereocenters. The van der Waals surface area contributed by atoms with Gasteiger partial charge in [0.05, 0.1) is 25.3 Å². The monoisotopic (exact) mass is 295 g/mol. The predicted octanol–water partition coefficient (Wildman–Crippen LogP) is 2.33. The number of aryl methyl sites for hydroxylation is 1. The minimum Gasteiger partial charge on any atom is -0.377 e. The summed E-state index contributed by atoms with van der Waals surface area (Å²) in [6, 6.07) is 0.239. The van der Waals surface area contributed by atoms with E-state index < -0.39 is 0 Å². The zero-order valence-corrected chi connectivity index (χ0v) is 12.8. The number of nitrogens with zero attached hydrogens (tertiary/aromatic N) is 2. The third-order valence-electron chi connectivity index (χ3n) is 3.91. The summed E-state index contributed by atoms with van der Waals surface area (Å²) in [6.07, 6.45) is 4.25.